The van der Waals surface area contributed by atoms with Crippen LogP contribution in [0.5, 0.6) is 0 Å². The molecule has 0 unspecified atom stereocenters. The molecule has 0 bridgehead atoms. The summed E-state index contributed by atoms with van der Waals surface area (Å²) in [6.45, 7) is 5.00. The Labute approximate surface area is 102 Å². The summed E-state index contributed by atoms with van der Waals surface area (Å²) >= 11 is 0. The van der Waals surface area contributed by atoms with Crippen molar-refractivity contribution >= 4 is 0 Å². The lowest BCUT2D eigenvalue weighted by atomic mass is 10.1. The number of rotatable bonds is 4. The van der Waals surface area contributed by atoms with Crippen LogP contribution in [0.2, 0.25) is 0 Å². The van der Waals surface area contributed by atoms with Gasteiger partial charge in [0.05, 0.1) is 12.0 Å². The maximum absolute atomic E-state index is 5.53. The predicted octanol–water partition coefficient (Wildman–Crippen LogP) is 2.50. The molecule has 2 N–H and O–H groups in total. The molecule has 0 saturated heterocycles. The average molecular weight is 229 g/mol. The van der Waals surface area contributed by atoms with E-state index in [0.29, 0.717) is 12.5 Å². The van der Waals surface area contributed by atoms with Crippen molar-refractivity contribution in [1.29, 1.82) is 0 Å². The second-order valence-electron chi connectivity index (χ2n) is 4.57. The van der Waals surface area contributed by atoms with Gasteiger partial charge in [0.1, 0.15) is 0 Å². The second kappa shape index (κ2) is 5.15. The zero-order chi connectivity index (χ0) is 12.3. The molecule has 0 saturated carbocycles. The third kappa shape index (κ3) is 2.74. The number of benzene rings is 1. The van der Waals surface area contributed by atoms with Crippen LogP contribution in [-0.4, -0.2) is 16.1 Å². The van der Waals surface area contributed by atoms with Crippen LogP contribution in [0.4, 0.5) is 0 Å². The smallest absolute Gasteiger partial charge is 0.0995 e. The summed E-state index contributed by atoms with van der Waals surface area (Å²) in [5, 5.41) is 0. The lowest BCUT2D eigenvalue weighted by molar-refractivity contribution is 0.831. The highest BCUT2D eigenvalue weighted by atomic mass is 15.0. The number of nitrogens with zero attached hydrogens (tertiary/aromatic N) is 2. The minimum absolute atomic E-state index is 0.466. The van der Waals surface area contributed by atoms with Crippen LogP contribution >= 0.6 is 0 Å². The van der Waals surface area contributed by atoms with Crippen molar-refractivity contribution < 1.29 is 0 Å². The number of nitrogens with two attached hydrogens (primary N) is 1. The van der Waals surface area contributed by atoms with Crippen molar-refractivity contribution in [3.05, 3.63) is 48.0 Å². The molecule has 3 heteroatoms. The zero-order valence-electron chi connectivity index (χ0n) is 10.4. The molecule has 0 atom stereocenters. The number of hydrogen-bond donors (Lipinski definition) is 1. The normalized spacial score (nSPS) is 11.1. The van der Waals surface area contributed by atoms with Crippen LogP contribution < -0.4 is 5.73 Å². The van der Waals surface area contributed by atoms with E-state index >= 15 is 0 Å². The van der Waals surface area contributed by atoms with Crippen molar-refractivity contribution in [2.24, 2.45) is 5.73 Å². The maximum atomic E-state index is 5.53. The highest BCUT2D eigenvalue weighted by Crippen LogP contribution is 2.15. The van der Waals surface area contributed by atoms with E-state index in [-0.39, 0.29) is 0 Å². The summed E-state index contributed by atoms with van der Waals surface area (Å²) < 4.78 is 2.06. The van der Waals surface area contributed by atoms with Crippen molar-refractivity contribution in [2.45, 2.75) is 26.2 Å². The summed E-state index contributed by atoms with van der Waals surface area (Å²) in [4.78, 5) is 4.39. The second-order valence-corrected chi connectivity index (χ2v) is 4.57. The molecule has 2 aromatic rings. The molecular formula is C14H19N3. The van der Waals surface area contributed by atoms with Crippen LogP contribution in [0.25, 0.3) is 5.69 Å². The van der Waals surface area contributed by atoms with Gasteiger partial charge in [-0.3, -0.25) is 0 Å². The molecular weight excluding hydrogens is 210 g/mol. The Morgan fingerprint density at radius 3 is 2.47 bits per heavy atom. The lowest BCUT2D eigenvalue weighted by Crippen LogP contribution is -2.02. The van der Waals surface area contributed by atoms with E-state index in [0.717, 1.165) is 17.8 Å². The molecule has 0 radical (unpaired) electrons. The van der Waals surface area contributed by atoms with Gasteiger partial charge in [0.25, 0.3) is 0 Å². The predicted molar refractivity (Wildman–Crippen MR) is 70.4 cm³/mol. The fourth-order valence-corrected chi connectivity index (χ4v) is 1.78. The first-order valence-electron chi connectivity index (χ1n) is 6.04. The molecule has 0 amide bonds. The highest BCUT2D eigenvalue weighted by Gasteiger charge is 2.04. The zero-order valence-corrected chi connectivity index (χ0v) is 10.4. The van der Waals surface area contributed by atoms with Gasteiger partial charge >= 0.3 is 0 Å². The summed E-state index contributed by atoms with van der Waals surface area (Å²) in [6.07, 6.45) is 4.89. The van der Waals surface area contributed by atoms with E-state index in [1.54, 1.807) is 0 Å². The molecule has 90 valence electrons. The van der Waals surface area contributed by atoms with Gasteiger partial charge in [-0.2, -0.15) is 0 Å². The van der Waals surface area contributed by atoms with Crippen molar-refractivity contribution in [2.75, 3.05) is 6.54 Å². The van der Waals surface area contributed by atoms with Gasteiger partial charge in [0.15, 0.2) is 0 Å². The van der Waals surface area contributed by atoms with Gasteiger partial charge in [0.2, 0.25) is 0 Å². The highest BCUT2D eigenvalue weighted by molar-refractivity contribution is 5.35. The average Bonchev–Trinajstić information content (AvgIpc) is 2.80. The number of hydrogen-bond acceptors (Lipinski definition) is 2. The Morgan fingerprint density at radius 1 is 1.24 bits per heavy atom. The van der Waals surface area contributed by atoms with Crippen LogP contribution in [0.3, 0.4) is 0 Å². The Kier molecular flexibility index (Phi) is 3.59. The van der Waals surface area contributed by atoms with Crippen LogP contribution in [0.1, 0.15) is 31.0 Å². The summed E-state index contributed by atoms with van der Waals surface area (Å²) in [5.41, 5.74) is 9.07. The number of imidazole rings is 1. The minimum Gasteiger partial charge on any atom is -0.330 e. The molecule has 0 spiro atoms. The Bertz CT molecular complexity index is 468. The largest absolute Gasteiger partial charge is 0.330 e. The monoisotopic (exact) mass is 229 g/mol. The fourth-order valence-electron chi connectivity index (χ4n) is 1.78. The molecule has 0 fully saturated rings. The third-order valence-corrected chi connectivity index (χ3v) is 2.86. The van der Waals surface area contributed by atoms with Crippen molar-refractivity contribution in [1.82, 2.24) is 9.55 Å². The van der Waals surface area contributed by atoms with E-state index in [4.69, 9.17) is 5.73 Å². The quantitative estimate of drug-likeness (QED) is 0.875. The van der Waals surface area contributed by atoms with Crippen LogP contribution in [0, 0.1) is 0 Å². The molecule has 2 rings (SSSR count). The van der Waals surface area contributed by atoms with E-state index in [1.165, 1.54) is 5.56 Å². The Morgan fingerprint density at radius 2 is 1.94 bits per heavy atom. The van der Waals surface area contributed by atoms with Crippen LogP contribution in [0.15, 0.2) is 36.8 Å². The first-order chi connectivity index (χ1) is 8.20. The first-order valence-corrected chi connectivity index (χ1v) is 6.04. The minimum atomic E-state index is 0.466. The molecule has 3 nitrogen and oxygen atoms in total. The molecule has 1 aromatic carbocycles. The molecule has 1 heterocycles. The van der Waals surface area contributed by atoms with Gasteiger partial charge < -0.3 is 10.3 Å². The van der Waals surface area contributed by atoms with E-state index in [9.17, 15) is 0 Å². The van der Waals surface area contributed by atoms with Gasteiger partial charge in [-0.15, -0.1) is 0 Å². The van der Waals surface area contributed by atoms with E-state index in [1.807, 2.05) is 6.33 Å². The summed E-state index contributed by atoms with van der Waals surface area (Å²) in [5.74, 6) is 0.466. The van der Waals surface area contributed by atoms with Gasteiger partial charge in [-0.1, -0.05) is 26.0 Å². The van der Waals surface area contributed by atoms with Gasteiger partial charge in [0, 0.05) is 11.9 Å². The van der Waals surface area contributed by atoms with Gasteiger partial charge in [-0.25, -0.2) is 4.98 Å². The molecule has 0 aliphatic rings. The fraction of sp³-hybridized carbons (Fsp3) is 0.357. The molecule has 17 heavy (non-hydrogen) atoms. The van der Waals surface area contributed by atoms with E-state index < -0.39 is 0 Å². The molecule has 1 aromatic heterocycles. The SMILES string of the molecule is CC(C)c1cn(-c2ccc(CCN)cc2)cn1. The van der Waals surface area contributed by atoms with Crippen LogP contribution in [-0.2, 0) is 6.42 Å². The maximum Gasteiger partial charge on any atom is 0.0995 e. The van der Waals surface area contributed by atoms with Crippen molar-refractivity contribution in [3.63, 3.8) is 0 Å². The molecule has 0 aliphatic heterocycles. The third-order valence-electron chi connectivity index (χ3n) is 2.86. The topological polar surface area (TPSA) is 43.8 Å². The first kappa shape index (κ1) is 11.9. The molecule has 0 aliphatic carbocycles. The summed E-state index contributed by atoms with van der Waals surface area (Å²) in [7, 11) is 0. The van der Waals surface area contributed by atoms with Crippen molar-refractivity contribution in [3.8, 4) is 5.69 Å². The standard InChI is InChI=1S/C14H19N3/c1-11(2)14-9-17(10-16-14)13-5-3-12(4-6-13)7-8-15/h3-6,9-11H,7-8,15H2,1-2H3. The Balaban J connectivity index is 2.21. The number of aromatic nitrogens is 2. The Hall–Kier alpha value is -1.61. The van der Waals surface area contributed by atoms with E-state index in [2.05, 4.69) is 53.9 Å². The summed E-state index contributed by atoms with van der Waals surface area (Å²) in [6, 6.07) is 8.46. The van der Waals surface area contributed by atoms with Gasteiger partial charge in [-0.05, 0) is 36.6 Å². The lowest BCUT2D eigenvalue weighted by Gasteiger charge is -2.04.